The van der Waals surface area contributed by atoms with Gasteiger partial charge in [-0.2, -0.15) is 13.2 Å². The molecule has 1 fully saturated rings. The third-order valence-corrected chi connectivity index (χ3v) is 4.65. The molecule has 0 spiro atoms. The summed E-state index contributed by atoms with van der Waals surface area (Å²) >= 11 is 0. The maximum atomic E-state index is 12.5. The first-order valence-electron chi connectivity index (χ1n) is 8.35. The van der Waals surface area contributed by atoms with Gasteiger partial charge >= 0.3 is 6.18 Å². The van der Waals surface area contributed by atoms with Crippen LogP contribution in [0.3, 0.4) is 0 Å². The van der Waals surface area contributed by atoms with Gasteiger partial charge in [-0.3, -0.25) is 4.79 Å². The molecule has 8 heteroatoms. The van der Waals surface area contributed by atoms with Crippen molar-refractivity contribution in [3.8, 4) is 0 Å². The van der Waals surface area contributed by atoms with Crippen molar-refractivity contribution in [2.45, 2.75) is 51.4 Å². The van der Waals surface area contributed by atoms with Gasteiger partial charge in [-0.05, 0) is 26.4 Å². The van der Waals surface area contributed by atoms with E-state index >= 15 is 0 Å². The van der Waals surface area contributed by atoms with Crippen LogP contribution in [0.1, 0.15) is 32.0 Å². The molecule has 0 aliphatic carbocycles. The van der Waals surface area contributed by atoms with Crippen LogP contribution in [0.25, 0.3) is 0 Å². The van der Waals surface area contributed by atoms with Crippen LogP contribution < -0.4 is 0 Å². The Hall–Kier alpha value is -1.57. The average Bonchev–Trinajstić information content (AvgIpc) is 2.97. The lowest BCUT2D eigenvalue weighted by Crippen LogP contribution is -2.45. The molecule has 1 aliphatic rings. The second-order valence-corrected chi connectivity index (χ2v) is 6.27. The lowest BCUT2D eigenvalue weighted by atomic mass is 10.0. The Morgan fingerprint density at radius 2 is 2.04 bits per heavy atom. The van der Waals surface area contributed by atoms with Crippen molar-refractivity contribution in [2.75, 3.05) is 26.7 Å². The van der Waals surface area contributed by atoms with E-state index in [1.165, 1.54) is 12.4 Å². The molecule has 2 rings (SSSR count). The molecule has 0 bridgehead atoms. The topological polar surface area (TPSA) is 41.4 Å². The maximum Gasteiger partial charge on any atom is 0.406 e. The predicted molar refractivity (Wildman–Crippen MR) is 84.5 cm³/mol. The minimum Gasteiger partial charge on any atom is -0.343 e. The number of carbonyl (C=O) groups is 1. The smallest absolute Gasteiger partial charge is 0.343 e. The van der Waals surface area contributed by atoms with E-state index in [9.17, 15) is 18.0 Å². The third kappa shape index (κ3) is 5.22. The number of aromatic nitrogens is 2. The summed E-state index contributed by atoms with van der Waals surface area (Å²) < 4.78 is 38.5. The zero-order valence-electron chi connectivity index (χ0n) is 14.2. The van der Waals surface area contributed by atoms with Gasteiger partial charge in [0, 0.05) is 44.4 Å². The zero-order chi connectivity index (χ0) is 17.7. The van der Waals surface area contributed by atoms with Crippen molar-refractivity contribution in [3.63, 3.8) is 0 Å². The Morgan fingerprint density at radius 3 is 2.62 bits per heavy atom. The Labute approximate surface area is 140 Å². The number of hydrogen-bond donors (Lipinski definition) is 0. The van der Waals surface area contributed by atoms with Gasteiger partial charge in [0.2, 0.25) is 5.91 Å². The molecule has 1 saturated heterocycles. The summed E-state index contributed by atoms with van der Waals surface area (Å²) in [4.78, 5) is 20.3. The van der Waals surface area contributed by atoms with E-state index < -0.39 is 12.7 Å². The van der Waals surface area contributed by atoms with Crippen molar-refractivity contribution in [2.24, 2.45) is 0 Å². The number of aryl methyl sites for hydroxylation is 1. The van der Waals surface area contributed by atoms with Gasteiger partial charge < -0.3 is 14.4 Å². The summed E-state index contributed by atoms with van der Waals surface area (Å²) in [5, 5.41) is 0. The molecule has 1 amide bonds. The van der Waals surface area contributed by atoms with Crippen LogP contribution in [-0.4, -0.2) is 64.2 Å². The lowest BCUT2D eigenvalue weighted by Gasteiger charge is -2.36. The van der Waals surface area contributed by atoms with E-state index in [0.717, 1.165) is 24.0 Å². The van der Waals surface area contributed by atoms with Crippen LogP contribution in [0.5, 0.6) is 0 Å². The number of likely N-dealkylation sites (tertiary alicyclic amines) is 1. The molecule has 0 N–H and O–H groups in total. The lowest BCUT2D eigenvalue weighted by molar-refractivity contribution is -0.141. The highest BCUT2D eigenvalue weighted by molar-refractivity contribution is 5.76. The summed E-state index contributed by atoms with van der Waals surface area (Å²) in [6.45, 7) is 3.46. The summed E-state index contributed by atoms with van der Waals surface area (Å²) in [6, 6.07) is 0.504. The summed E-state index contributed by atoms with van der Waals surface area (Å²) in [5.74, 6) is 0.301. The van der Waals surface area contributed by atoms with Crippen molar-refractivity contribution in [3.05, 3.63) is 18.2 Å². The van der Waals surface area contributed by atoms with Gasteiger partial charge in [-0.15, -0.1) is 0 Å². The third-order valence-electron chi connectivity index (χ3n) is 4.65. The molecule has 0 atom stereocenters. The van der Waals surface area contributed by atoms with E-state index in [1.54, 1.807) is 0 Å². The molecular weight excluding hydrogens is 321 g/mol. The molecule has 5 nitrogen and oxygen atoms in total. The maximum absolute atomic E-state index is 12.5. The largest absolute Gasteiger partial charge is 0.406 e. The van der Waals surface area contributed by atoms with E-state index in [-0.39, 0.29) is 18.7 Å². The van der Waals surface area contributed by atoms with Crippen LogP contribution >= 0.6 is 0 Å². The average molecular weight is 346 g/mol. The first kappa shape index (κ1) is 18.8. The van der Waals surface area contributed by atoms with Crippen LogP contribution in [0.4, 0.5) is 13.2 Å². The number of nitrogens with zero attached hydrogens (tertiary/aromatic N) is 4. The molecule has 24 heavy (non-hydrogen) atoms. The van der Waals surface area contributed by atoms with Gasteiger partial charge in [0.25, 0.3) is 0 Å². The number of imidazole rings is 1. The van der Waals surface area contributed by atoms with Crippen molar-refractivity contribution in [1.82, 2.24) is 19.4 Å². The molecule has 0 aromatic carbocycles. The van der Waals surface area contributed by atoms with E-state index in [2.05, 4.69) is 23.9 Å². The number of carbonyl (C=O) groups excluding carboxylic acids is 1. The van der Waals surface area contributed by atoms with Crippen LogP contribution in [0.2, 0.25) is 0 Å². The highest BCUT2D eigenvalue weighted by Crippen LogP contribution is 2.19. The van der Waals surface area contributed by atoms with Crippen LogP contribution in [0, 0.1) is 0 Å². The predicted octanol–water partition coefficient (Wildman–Crippen LogP) is 2.32. The van der Waals surface area contributed by atoms with E-state index in [1.807, 2.05) is 4.90 Å². The van der Waals surface area contributed by atoms with Crippen LogP contribution in [0.15, 0.2) is 12.4 Å². The molecular formula is C16H25F3N4O. The summed E-state index contributed by atoms with van der Waals surface area (Å²) in [7, 11) is 2.09. The summed E-state index contributed by atoms with van der Waals surface area (Å²) in [5.41, 5.74) is 0. The molecule has 1 aromatic heterocycles. The number of halogens is 3. The molecule has 0 saturated carbocycles. The second kappa shape index (κ2) is 8.00. The second-order valence-electron chi connectivity index (χ2n) is 6.27. The first-order chi connectivity index (χ1) is 11.3. The zero-order valence-corrected chi connectivity index (χ0v) is 14.2. The monoisotopic (exact) mass is 346 g/mol. The van der Waals surface area contributed by atoms with Gasteiger partial charge in [0.05, 0.1) is 0 Å². The van der Waals surface area contributed by atoms with E-state index in [4.69, 9.17) is 0 Å². The Morgan fingerprint density at radius 1 is 1.38 bits per heavy atom. The van der Waals surface area contributed by atoms with Gasteiger partial charge in [-0.25, -0.2) is 4.98 Å². The molecule has 1 aliphatic heterocycles. The number of rotatable bonds is 6. The van der Waals surface area contributed by atoms with Crippen molar-refractivity contribution >= 4 is 5.91 Å². The van der Waals surface area contributed by atoms with E-state index in [0.29, 0.717) is 25.0 Å². The minimum atomic E-state index is -4.29. The first-order valence-corrected chi connectivity index (χ1v) is 8.35. The minimum absolute atomic E-state index is 0.00541. The fraction of sp³-hybridized carbons (Fsp3) is 0.750. The Bertz CT molecular complexity index is 536. The normalized spacial score (nSPS) is 16.8. The Kier molecular flexibility index (Phi) is 6.26. The molecule has 136 valence electrons. The number of alkyl halides is 3. The molecule has 2 heterocycles. The summed E-state index contributed by atoms with van der Waals surface area (Å²) in [6.07, 6.45) is 0.682. The highest BCUT2D eigenvalue weighted by atomic mass is 19.4. The fourth-order valence-electron chi connectivity index (χ4n) is 3.10. The molecule has 0 unspecified atom stereocenters. The highest BCUT2D eigenvalue weighted by Gasteiger charge is 2.29. The Balaban J connectivity index is 1.81. The quantitative estimate of drug-likeness (QED) is 0.794. The molecule has 1 aromatic rings. The number of amides is 1. The molecule has 0 radical (unpaired) electrons. The van der Waals surface area contributed by atoms with Crippen molar-refractivity contribution in [1.29, 1.82) is 0 Å². The SMILES string of the molecule is CCN(C)C1CCN(C(=O)CCc2nccn2CC(F)(F)F)CC1. The standard InChI is InChI=1S/C16H25F3N4O/c1-3-21(2)13-6-9-22(10-7-13)15(24)5-4-14-20-8-11-23(14)12-16(17,18)19/h8,11,13H,3-7,9-10,12H2,1-2H3. The number of piperidine rings is 1. The van der Waals surface area contributed by atoms with Crippen LogP contribution in [-0.2, 0) is 17.8 Å². The van der Waals surface area contributed by atoms with Gasteiger partial charge in [-0.1, -0.05) is 6.92 Å². The van der Waals surface area contributed by atoms with Crippen molar-refractivity contribution < 1.29 is 18.0 Å². The fourth-order valence-corrected chi connectivity index (χ4v) is 3.10. The van der Waals surface area contributed by atoms with Gasteiger partial charge in [0.15, 0.2) is 0 Å². The van der Waals surface area contributed by atoms with Gasteiger partial charge in [0.1, 0.15) is 12.4 Å². The number of hydrogen-bond acceptors (Lipinski definition) is 3.